The van der Waals surface area contributed by atoms with E-state index in [-0.39, 0.29) is 5.91 Å². The molecule has 0 aliphatic carbocycles. The Bertz CT molecular complexity index is 625. The van der Waals surface area contributed by atoms with Gasteiger partial charge in [-0.3, -0.25) is 9.69 Å². The minimum absolute atomic E-state index is 0.245. The molecule has 3 rings (SSSR count). The third-order valence-corrected chi connectivity index (χ3v) is 5.59. The Hall–Kier alpha value is -1.53. The van der Waals surface area contributed by atoms with E-state index in [1.807, 2.05) is 11.1 Å². The van der Waals surface area contributed by atoms with E-state index in [1.54, 1.807) is 0 Å². The zero-order chi connectivity index (χ0) is 18.7. The van der Waals surface area contributed by atoms with Gasteiger partial charge in [-0.25, -0.2) is 9.97 Å². The lowest BCUT2D eigenvalue weighted by Gasteiger charge is -2.36. The van der Waals surface area contributed by atoms with Crippen LogP contribution in [0.1, 0.15) is 50.7 Å². The summed E-state index contributed by atoms with van der Waals surface area (Å²) in [7, 11) is 2.17. The van der Waals surface area contributed by atoms with Crippen molar-refractivity contribution in [3.05, 3.63) is 23.3 Å². The first-order valence-electron chi connectivity index (χ1n) is 9.96. The molecule has 0 spiro atoms. The number of piperazine rings is 1. The number of hydrogen-bond donors (Lipinski definition) is 0. The predicted molar refractivity (Wildman–Crippen MR) is 103 cm³/mol. The molecule has 1 fully saturated rings. The van der Waals surface area contributed by atoms with Crippen molar-refractivity contribution < 1.29 is 4.79 Å². The van der Waals surface area contributed by atoms with Crippen molar-refractivity contribution in [2.75, 3.05) is 33.2 Å². The average Bonchev–Trinajstić information content (AvgIpc) is 3.03. The minimum atomic E-state index is 0.245. The molecule has 2 aliphatic rings. The number of carbonyl (C=O) groups excluding carboxylic acids is 1. The van der Waals surface area contributed by atoms with Gasteiger partial charge in [0.05, 0.1) is 12.2 Å². The monoisotopic (exact) mass is 359 g/mol. The van der Waals surface area contributed by atoms with Gasteiger partial charge in [-0.05, 0) is 26.3 Å². The van der Waals surface area contributed by atoms with E-state index in [4.69, 9.17) is 0 Å². The van der Waals surface area contributed by atoms with Gasteiger partial charge in [-0.1, -0.05) is 13.8 Å². The third-order valence-electron chi connectivity index (χ3n) is 5.59. The molecule has 0 radical (unpaired) electrons. The molecule has 2 aliphatic heterocycles. The molecule has 6 heteroatoms. The molecule has 1 aromatic rings. The molecule has 1 unspecified atom stereocenters. The second-order valence-electron chi connectivity index (χ2n) is 8.33. The van der Waals surface area contributed by atoms with Crippen molar-refractivity contribution in [3.8, 4) is 0 Å². The van der Waals surface area contributed by atoms with Crippen molar-refractivity contribution in [2.24, 2.45) is 5.92 Å². The van der Waals surface area contributed by atoms with Crippen LogP contribution >= 0.6 is 0 Å². The van der Waals surface area contributed by atoms with E-state index < -0.39 is 0 Å². The number of nitrogens with zero attached hydrogens (tertiary/aromatic N) is 5. The summed E-state index contributed by atoms with van der Waals surface area (Å²) in [5, 5.41) is 0. The summed E-state index contributed by atoms with van der Waals surface area (Å²) >= 11 is 0. The van der Waals surface area contributed by atoms with Gasteiger partial charge in [0.1, 0.15) is 5.82 Å². The second kappa shape index (κ2) is 8.44. The third kappa shape index (κ3) is 4.80. The molecule has 3 heterocycles. The quantitative estimate of drug-likeness (QED) is 0.777. The first-order valence-corrected chi connectivity index (χ1v) is 9.96. The molecule has 144 valence electrons. The lowest BCUT2D eigenvalue weighted by Crippen LogP contribution is -2.48. The van der Waals surface area contributed by atoms with Crippen LogP contribution in [0.15, 0.2) is 6.20 Å². The second-order valence-corrected chi connectivity index (χ2v) is 8.33. The van der Waals surface area contributed by atoms with Crippen LogP contribution in [0.4, 0.5) is 0 Å². The summed E-state index contributed by atoms with van der Waals surface area (Å²) in [6.45, 7) is 12.4. The average molecular weight is 360 g/mol. The largest absolute Gasteiger partial charge is 0.332 e. The van der Waals surface area contributed by atoms with Gasteiger partial charge < -0.3 is 9.80 Å². The Labute approximate surface area is 157 Å². The fourth-order valence-electron chi connectivity index (χ4n) is 3.77. The molecule has 1 saturated heterocycles. The highest BCUT2D eigenvalue weighted by molar-refractivity contribution is 5.76. The number of rotatable bonds is 6. The molecule has 1 aromatic heterocycles. The topological polar surface area (TPSA) is 52.6 Å². The fraction of sp³-hybridized carbons (Fsp3) is 0.750. The Morgan fingerprint density at radius 2 is 1.88 bits per heavy atom. The number of carbonyl (C=O) groups is 1. The zero-order valence-corrected chi connectivity index (χ0v) is 16.7. The fourth-order valence-corrected chi connectivity index (χ4v) is 3.77. The van der Waals surface area contributed by atoms with Crippen LogP contribution < -0.4 is 0 Å². The van der Waals surface area contributed by atoms with Crippen molar-refractivity contribution in [2.45, 2.75) is 59.2 Å². The highest BCUT2D eigenvalue weighted by Crippen LogP contribution is 2.22. The summed E-state index contributed by atoms with van der Waals surface area (Å²) in [4.78, 5) is 28.6. The molecule has 0 N–H and O–H groups in total. The van der Waals surface area contributed by atoms with Crippen LogP contribution in [0, 0.1) is 5.92 Å². The minimum Gasteiger partial charge on any atom is -0.332 e. The molecule has 0 aromatic carbocycles. The van der Waals surface area contributed by atoms with Crippen molar-refractivity contribution >= 4 is 5.91 Å². The molecule has 0 saturated carbocycles. The van der Waals surface area contributed by atoms with Crippen molar-refractivity contribution in [3.63, 3.8) is 0 Å². The molecular formula is C20H33N5O. The van der Waals surface area contributed by atoms with Crippen molar-refractivity contribution in [1.82, 2.24) is 24.7 Å². The van der Waals surface area contributed by atoms with E-state index in [1.165, 1.54) is 0 Å². The van der Waals surface area contributed by atoms with Gasteiger partial charge in [0.2, 0.25) is 5.91 Å². The predicted octanol–water partition coefficient (Wildman–Crippen LogP) is 1.93. The summed E-state index contributed by atoms with van der Waals surface area (Å²) < 4.78 is 0. The van der Waals surface area contributed by atoms with Crippen LogP contribution in [0.2, 0.25) is 0 Å². The molecule has 6 nitrogen and oxygen atoms in total. The lowest BCUT2D eigenvalue weighted by atomic mass is 10.1. The molecule has 26 heavy (non-hydrogen) atoms. The molecule has 1 amide bonds. The SMILES string of the molecule is CC(C)Cc1ncc2c(n1)CN(C(=O)CCC(C)N1CCN(C)CC1)C2. The van der Waals surface area contributed by atoms with Gasteiger partial charge in [0.15, 0.2) is 0 Å². The highest BCUT2D eigenvalue weighted by atomic mass is 16.2. The zero-order valence-electron chi connectivity index (χ0n) is 16.7. The first kappa shape index (κ1) is 19.2. The summed E-state index contributed by atoms with van der Waals surface area (Å²) in [5.74, 6) is 1.69. The van der Waals surface area contributed by atoms with Gasteiger partial charge in [0.25, 0.3) is 0 Å². The molecular weight excluding hydrogens is 326 g/mol. The van der Waals surface area contributed by atoms with Crippen LogP contribution in [-0.4, -0.2) is 69.8 Å². The van der Waals surface area contributed by atoms with Crippen molar-refractivity contribution in [1.29, 1.82) is 0 Å². The molecule has 1 atom stereocenters. The van der Waals surface area contributed by atoms with Crippen LogP contribution in [0.25, 0.3) is 0 Å². The van der Waals surface area contributed by atoms with Crippen LogP contribution in [0.5, 0.6) is 0 Å². The smallest absolute Gasteiger partial charge is 0.223 e. The number of amides is 1. The van der Waals surface area contributed by atoms with Crippen LogP contribution in [-0.2, 0) is 24.3 Å². The summed E-state index contributed by atoms with van der Waals surface area (Å²) in [5.41, 5.74) is 2.15. The van der Waals surface area contributed by atoms with E-state index in [2.05, 4.69) is 47.6 Å². The maximum atomic E-state index is 12.7. The van der Waals surface area contributed by atoms with E-state index >= 15 is 0 Å². The number of likely N-dealkylation sites (N-methyl/N-ethyl adjacent to an activating group) is 1. The van der Waals surface area contributed by atoms with Gasteiger partial charge in [-0.15, -0.1) is 0 Å². The number of aromatic nitrogens is 2. The van der Waals surface area contributed by atoms with Gasteiger partial charge in [0, 0.05) is 63.4 Å². The first-order chi connectivity index (χ1) is 12.4. The molecule has 0 bridgehead atoms. The van der Waals surface area contributed by atoms with Gasteiger partial charge in [-0.2, -0.15) is 0 Å². The highest BCUT2D eigenvalue weighted by Gasteiger charge is 2.26. The Morgan fingerprint density at radius 3 is 2.58 bits per heavy atom. The number of hydrogen-bond acceptors (Lipinski definition) is 5. The van der Waals surface area contributed by atoms with E-state index in [0.717, 1.165) is 56.1 Å². The van der Waals surface area contributed by atoms with E-state index in [0.29, 0.717) is 31.5 Å². The Kier molecular flexibility index (Phi) is 6.24. The number of fused-ring (bicyclic) bond motifs is 1. The van der Waals surface area contributed by atoms with Gasteiger partial charge >= 0.3 is 0 Å². The Morgan fingerprint density at radius 1 is 1.15 bits per heavy atom. The lowest BCUT2D eigenvalue weighted by molar-refractivity contribution is -0.132. The standard InChI is InChI=1S/C20H33N5O/c1-15(2)11-19-21-12-17-13-25(14-18(17)22-19)20(26)6-5-16(3)24-9-7-23(4)8-10-24/h12,15-16H,5-11,13-14H2,1-4H3. The Balaban J connectivity index is 1.48. The maximum absolute atomic E-state index is 12.7. The van der Waals surface area contributed by atoms with E-state index in [9.17, 15) is 4.79 Å². The van der Waals surface area contributed by atoms with Crippen LogP contribution in [0.3, 0.4) is 0 Å². The normalized spacial score (nSPS) is 19.8. The summed E-state index contributed by atoms with van der Waals surface area (Å²) in [6, 6.07) is 0.468. The summed E-state index contributed by atoms with van der Waals surface area (Å²) in [6.07, 6.45) is 4.36. The maximum Gasteiger partial charge on any atom is 0.223 e.